The van der Waals surface area contributed by atoms with Crippen molar-refractivity contribution in [1.82, 2.24) is 19.7 Å². The Morgan fingerprint density at radius 3 is 2.89 bits per heavy atom. The summed E-state index contributed by atoms with van der Waals surface area (Å²) in [6, 6.07) is 1.88. The third-order valence-electron chi connectivity index (χ3n) is 2.45. The summed E-state index contributed by atoms with van der Waals surface area (Å²) in [6.07, 6.45) is 5.76. The molecular weight excluding hydrogens is 294 g/mol. The van der Waals surface area contributed by atoms with Crippen molar-refractivity contribution >= 4 is 21.7 Å². The van der Waals surface area contributed by atoms with Crippen molar-refractivity contribution in [2.45, 2.75) is 26.3 Å². The molecule has 0 aromatic carbocycles. The fourth-order valence-corrected chi connectivity index (χ4v) is 2.07. The lowest BCUT2D eigenvalue weighted by atomic mass is 10.3. The van der Waals surface area contributed by atoms with Crippen molar-refractivity contribution in [2.75, 3.05) is 5.32 Å². The molecule has 2 aromatic heterocycles. The largest absolute Gasteiger partial charge is 0.366 e. The third-order valence-corrected chi connectivity index (χ3v) is 2.85. The lowest BCUT2D eigenvalue weighted by Crippen LogP contribution is -2.04. The minimum atomic E-state index is 0.711. The maximum atomic E-state index is 4.47. The van der Waals surface area contributed by atoms with Crippen molar-refractivity contribution < 1.29 is 0 Å². The molecule has 0 saturated heterocycles. The topological polar surface area (TPSA) is 55.6 Å². The van der Waals surface area contributed by atoms with Crippen LogP contribution >= 0.6 is 15.9 Å². The molecule has 0 atom stereocenters. The minimum absolute atomic E-state index is 0.711. The Kier molecular flexibility index (Phi) is 4.30. The van der Waals surface area contributed by atoms with Gasteiger partial charge in [0.25, 0.3) is 0 Å². The smallest absolute Gasteiger partial charge is 0.132 e. The van der Waals surface area contributed by atoms with E-state index in [9.17, 15) is 0 Å². The summed E-state index contributed by atoms with van der Waals surface area (Å²) < 4.78 is 2.60. The molecule has 2 aromatic rings. The first-order valence-corrected chi connectivity index (χ1v) is 6.71. The van der Waals surface area contributed by atoms with E-state index in [1.165, 1.54) is 0 Å². The van der Waals surface area contributed by atoms with Crippen LogP contribution in [0.25, 0.3) is 0 Å². The van der Waals surface area contributed by atoms with E-state index in [4.69, 9.17) is 0 Å². The molecule has 18 heavy (non-hydrogen) atoms. The highest BCUT2D eigenvalue weighted by molar-refractivity contribution is 9.10. The molecule has 1 N–H and O–H groups in total. The first-order chi connectivity index (χ1) is 8.67. The molecular formula is C12H16BrN5. The van der Waals surface area contributed by atoms with E-state index in [-0.39, 0.29) is 0 Å². The molecule has 5 nitrogen and oxygen atoms in total. The van der Waals surface area contributed by atoms with Gasteiger partial charge < -0.3 is 5.32 Å². The van der Waals surface area contributed by atoms with E-state index in [2.05, 4.69) is 43.2 Å². The van der Waals surface area contributed by atoms with Gasteiger partial charge in [-0.3, -0.25) is 4.68 Å². The van der Waals surface area contributed by atoms with Crippen LogP contribution < -0.4 is 5.32 Å². The van der Waals surface area contributed by atoms with Gasteiger partial charge in [-0.25, -0.2) is 9.97 Å². The van der Waals surface area contributed by atoms with Crippen LogP contribution in [0.5, 0.6) is 0 Å². The fourth-order valence-electron chi connectivity index (χ4n) is 1.65. The molecule has 96 valence electrons. The van der Waals surface area contributed by atoms with Crippen LogP contribution in [0.3, 0.4) is 0 Å². The maximum Gasteiger partial charge on any atom is 0.132 e. The molecule has 0 aliphatic heterocycles. The van der Waals surface area contributed by atoms with Gasteiger partial charge >= 0.3 is 0 Å². The standard InChI is InChI=1S/C12H16BrN5/c1-3-4-11-16-10(13)5-12(17-11)14-6-9-7-15-18(2)8-9/h5,7-8H,3-4,6H2,1-2H3,(H,14,16,17). The van der Waals surface area contributed by atoms with Gasteiger partial charge in [-0.2, -0.15) is 5.10 Å². The van der Waals surface area contributed by atoms with Gasteiger partial charge in [-0.05, 0) is 22.4 Å². The number of hydrogen-bond donors (Lipinski definition) is 1. The van der Waals surface area contributed by atoms with Gasteiger partial charge in [0.1, 0.15) is 16.2 Å². The molecule has 0 radical (unpaired) electrons. The molecule has 2 rings (SSSR count). The highest BCUT2D eigenvalue weighted by Crippen LogP contribution is 2.14. The second-order valence-electron chi connectivity index (χ2n) is 4.12. The first kappa shape index (κ1) is 13.0. The number of nitrogens with one attached hydrogen (secondary N) is 1. The summed E-state index contributed by atoms with van der Waals surface area (Å²) >= 11 is 3.41. The Labute approximate surface area is 115 Å². The molecule has 0 bridgehead atoms. The average molecular weight is 310 g/mol. The number of hydrogen-bond acceptors (Lipinski definition) is 4. The summed E-state index contributed by atoms with van der Waals surface area (Å²) in [5, 5.41) is 7.41. The minimum Gasteiger partial charge on any atom is -0.366 e. The SMILES string of the molecule is CCCc1nc(Br)cc(NCc2cnn(C)c2)n1. The van der Waals surface area contributed by atoms with Gasteiger partial charge in [0.2, 0.25) is 0 Å². The van der Waals surface area contributed by atoms with E-state index in [1.54, 1.807) is 4.68 Å². The molecule has 0 aliphatic rings. The van der Waals surface area contributed by atoms with Crippen LogP contribution in [0.4, 0.5) is 5.82 Å². The lowest BCUT2D eigenvalue weighted by molar-refractivity contribution is 0.767. The van der Waals surface area contributed by atoms with Gasteiger partial charge in [0.05, 0.1) is 6.20 Å². The molecule has 0 saturated carbocycles. The van der Waals surface area contributed by atoms with Crippen LogP contribution in [-0.4, -0.2) is 19.7 Å². The zero-order valence-electron chi connectivity index (χ0n) is 10.5. The average Bonchev–Trinajstić information content (AvgIpc) is 2.72. The van der Waals surface area contributed by atoms with Gasteiger partial charge in [0, 0.05) is 37.8 Å². The quantitative estimate of drug-likeness (QED) is 0.862. The van der Waals surface area contributed by atoms with Crippen molar-refractivity contribution in [2.24, 2.45) is 7.05 Å². The molecule has 0 spiro atoms. The van der Waals surface area contributed by atoms with Crippen molar-refractivity contribution in [1.29, 1.82) is 0 Å². The normalized spacial score (nSPS) is 10.6. The Morgan fingerprint density at radius 1 is 1.39 bits per heavy atom. The summed E-state index contributed by atoms with van der Waals surface area (Å²) in [7, 11) is 1.91. The predicted octanol–water partition coefficient (Wildman–Crippen LogP) is 2.54. The highest BCUT2D eigenvalue weighted by atomic mass is 79.9. The monoisotopic (exact) mass is 309 g/mol. The second-order valence-corrected chi connectivity index (χ2v) is 4.93. The Bertz CT molecular complexity index is 523. The molecule has 0 aliphatic carbocycles. The number of halogens is 1. The van der Waals surface area contributed by atoms with Crippen molar-refractivity contribution in [3.8, 4) is 0 Å². The first-order valence-electron chi connectivity index (χ1n) is 5.92. The molecule has 6 heteroatoms. The molecule has 0 unspecified atom stereocenters. The van der Waals surface area contributed by atoms with Gasteiger partial charge in [0.15, 0.2) is 0 Å². The summed E-state index contributed by atoms with van der Waals surface area (Å²) in [4.78, 5) is 8.80. The Morgan fingerprint density at radius 2 is 2.22 bits per heavy atom. The van der Waals surface area contributed by atoms with Crippen LogP contribution in [-0.2, 0) is 20.0 Å². The number of rotatable bonds is 5. The van der Waals surface area contributed by atoms with Gasteiger partial charge in [-0.15, -0.1) is 0 Å². The number of anilines is 1. The van der Waals surface area contributed by atoms with Crippen LogP contribution in [0.2, 0.25) is 0 Å². The summed E-state index contributed by atoms with van der Waals surface area (Å²) in [6.45, 7) is 2.83. The molecule has 0 amide bonds. The van der Waals surface area contributed by atoms with E-state index < -0.39 is 0 Å². The molecule has 0 fully saturated rings. The van der Waals surface area contributed by atoms with E-state index >= 15 is 0 Å². The van der Waals surface area contributed by atoms with Crippen LogP contribution in [0.15, 0.2) is 23.1 Å². The number of nitrogens with zero attached hydrogens (tertiary/aromatic N) is 4. The van der Waals surface area contributed by atoms with Crippen molar-refractivity contribution in [3.63, 3.8) is 0 Å². The van der Waals surface area contributed by atoms with E-state index in [1.807, 2.05) is 25.5 Å². The van der Waals surface area contributed by atoms with Gasteiger partial charge in [-0.1, -0.05) is 6.92 Å². The van der Waals surface area contributed by atoms with E-state index in [0.717, 1.165) is 34.7 Å². The fraction of sp³-hybridized carbons (Fsp3) is 0.417. The second kappa shape index (κ2) is 5.95. The van der Waals surface area contributed by atoms with E-state index in [0.29, 0.717) is 6.54 Å². The maximum absolute atomic E-state index is 4.47. The van der Waals surface area contributed by atoms with Crippen LogP contribution in [0, 0.1) is 0 Å². The summed E-state index contributed by atoms with van der Waals surface area (Å²) in [5.74, 6) is 1.70. The Balaban J connectivity index is 2.04. The van der Waals surface area contributed by atoms with Crippen LogP contribution in [0.1, 0.15) is 24.7 Å². The summed E-state index contributed by atoms with van der Waals surface area (Å²) in [5.41, 5.74) is 1.13. The van der Waals surface area contributed by atoms with Crippen molar-refractivity contribution in [3.05, 3.63) is 34.5 Å². The zero-order valence-corrected chi connectivity index (χ0v) is 12.1. The number of aryl methyl sites for hydroxylation is 2. The zero-order chi connectivity index (χ0) is 13.0. The highest BCUT2D eigenvalue weighted by Gasteiger charge is 2.03. The Hall–Kier alpha value is -1.43. The molecule has 2 heterocycles. The lowest BCUT2D eigenvalue weighted by Gasteiger charge is -2.06. The third kappa shape index (κ3) is 3.53. The number of aromatic nitrogens is 4. The predicted molar refractivity (Wildman–Crippen MR) is 74.3 cm³/mol.